The Labute approximate surface area is 220 Å². The topological polar surface area (TPSA) is 72.8 Å². The summed E-state index contributed by atoms with van der Waals surface area (Å²) in [5.41, 5.74) is 1.87. The highest BCUT2D eigenvalue weighted by molar-refractivity contribution is 7.95. The van der Waals surface area contributed by atoms with Gasteiger partial charge in [0.1, 0.15) is 23.0 Å². The van der Waals surface area contributed by atoms with E-state index in [1.807, 2.05) is 60.7 Å². The molecule has 5 rings (SSSR count). The molecule has 0 heterocycles. The average Bonchev–Trinajstić information content (AvgIpc) is 2.95. The smallest absolute Gasteiger partial charge is 0.206 e. The first-order chi connectivity index (χ1) is 18.0. The Kier molecular flexibility index (Phi) is 7.16. The number of hydrogen-bond donors (Lipinski definition) is 1. The molecular formula is C30H22O5S2. The van der Waals surface area contributed by atoms with E-state index in [1.165, 1.54) is 12.0 Å². The van der Waals surface area contributed by atoms with Crippen molar-refractivity contribution in [2.24, 2.45) is 0 Å². The highest BCUT2D eigenvalue weighted by atomic mass is 32.2. The molecule has 0 aromatic heterocycles. The minimum Gasteiger partial charge on any atom is -0.508 e. The van der Waals surface area contributed by atoms with Gasteiger partial charge in [-0.15, -0.1) is 0 Å². The number of benzene rings is 5. The largest absolute Gasteiger partial charge is 0.508 e. The first-order valence-corrected chi connectivity index (χ1v) is 13.6. The fourth-order valence-electron chi connectivity index (χ4n) is 3.57. The van der Waals surface area contributed by atoms with Crippen molar-refractivity contribution < 1.29 is 22.4 Å². The van der Waals surface area contributed by atoms with E-state index in [0.717, 1.165) is 16.0 Å². The van der Waals surface area contributed by atoms with Gasteiger partial charge in [0.05, 0.1) is 21.8 Å². The lowest BCUT2D eigenvalue weighted by Gasteiger charge is -2.09. The lowest BCUT2D eigenvalue weighted by molar-refractivity contribution is 0.464. The van der Waals surface area contributed by atoms with E-state index >= 15 is 0 Å². The third kappa shape index (κ3) is 5.97. The van der Waals surface area contributed by atoms with Gasteiger partial charge in [-0.05, 0) is 96.1 Å². The van der Waals surface area contributed by atoms with Gasteiger partial charge in [0, 0.05) is 4.90 Å². The molecule has 0 aliphatic carbocycles. The second kappa shape index (κ2) is 10.8. The summed E-state index contributed by atoms with van der Waals surface area (Å²) in [6.07, 6.45) is 0. The predicted octanol–water partition coefficient (Wildman–Crippen LogP) is 7.77. The number of ether oxygens (including phenoxy) is 1. The van der Waals surface area contributed by atoms with Gasteiger partial charge in [-0.2, -0.15) is 0 Å². The lowest BCUT2D eigenvalue weighted by atomic mass is 10.1. The first-order valence-electron chi connectivity index (χ1n) is 11.4. The van der Waals surface area contributed by atoms with Crippen molar-refractivity contribution >= 4 is 21.9 Å². The SMILES string of the molecule is O=S(=O)(c1ccccc1)c1ccc(-c2ccc(OSc3ccc(Oc4ccc(O)cc4)cc3)cc2)cc1. The normalized spacial score (nSPS) is 11.1. The van der Waals surface area contributed by atoms with Gasteiger partial charge in [-0.25, -0.2) is 8.42 Å². The first kappa shape index (κ1) is 24.5. The third-order valence-electron chi connectivity index (χ3n) is 5.54. The Bertz CT molecular complexity index is 1560. The molecule has 0 unspecified atom stereocenters. The zero-order valence-corrected chi connectivity index (χ0v) is 21.2. The standard InChI is InChI=1S/C30H22O5S2/c31-24-10-14-25(15-11-24)34-26-16-18-28(19-17-26)36-35-27-12-6-22(7-13-27)23-8-20-30(21-9-23)37(32,33)29-4-2-1-3-5-29/h1-21,31H. The van der Waals surface area contributed by atoms with E-state index in [-0.39, 0.29) is 15.5 Å². The monoisotopic (exact) mass is 526 g/mol. The molecule has 0 atom stereocenters. The fourth-order valence-corrected chi connectivity index (χ4v) is 5.41. The summed E-state index contributed by atoms with van der Waals surface area (Å²) in [6, 6.07) is 37.0. The number of phenolic OH excluding ortho intramolecular Hbond substituents is 1. The number of phenols is 1. The Balaban J connectivity index is 1.19. The second-order valence-electron chi connectivity index (χ2n) is 8.10. The van der Waals surface area contributed by atoms with Crippen LogP contribution in [0.3, 0.4) is 0 Å². The molecule has 0 fully saturated rings. The molecule has 0 aliphatic rings. The number of hydrogen-bond acceptors (Lipinski definition) is 6. The molecule has 5 nitrogen and oxygen atoms in total. The minimum atomic E-state index is -3.54. The van der Waals surface area contributed by atoms with Crippen molar-refractivity contribution in [2.75, 3.05) is 0 Å². The minimum absolute atomic E-state index is 0.191. The summed E-state index contributed by atoms with van der Waals surface area (Å²) in [7, 11) is -3.54. The van der Waals surface area contributed by atoms with Crippen LogP contribution in [0.25, 0.3) is 11.1 Å². The Morgan fingerprint density at radius 3 is 1.62 bits per heavy atom. The van der Waals surface area contributed by atoms with Crippen LogP contribution in [0.1, 0.15) is 0 Å². The van der Waals surface area contributed by atoms with Crippen LogP contribution in [0.2, 0.25) is 0 Å². The van der Waals surface area contributed by atoms with Crippen molar-refractivity contribution in [1.82, 2.24) is 0 Å². The van der Waals surface area contributed by atoms with Crippen LogP contribution in [0.15, 0.2) is 142 Å². The third-order valence-corrected chi connectivity index (χ3v) is 8.06. The number of sulfone groups is 1. The zero-order valence-electron chi connectivity index (χ0n) is 19.5. The molecule has 0 amide bonds. The molecule has 7 heteroatoms. The van der Waals surface area contributed by atoms with Gasteiger partial charge >= 0.3 is 0 Å². The summed E-state index contributed by atoms with van der Waals surface area (Å²) in [6.45, 7) is 0. The molecule has 37 heavy (non-hydrogen) atoms. The highest BCUT2D eigenvalue weighted by Gasteiger charge is 2.17. The van der Waals surface area contributed by atoms with Gasteiger partial charge in [-0.1, -0.05) is 42.5 Å². The molecule has 0 saturated carbocycles. The molecule has 0 radical (unpaired) electrons. The summed E-state index contributed by atoms with van der Waals surface area (Å²) < 4.78 is 37.2. The molecule has 0 spiro atoms. The molecule has 0 saturated heterocycles. The van der Waals surface area contributed by atoms with Gasteiger partial charge in [-0.3, -0.25) is 0 Å². The summed E-state index contributed by atoms with van der Waals surface area (Å²) >= 11 is 1.24. The van der Waals surface area contributed by atoms with Crippen molar-refractivity contribution in [1.29, 1.82) is 0 Å². The van der Waals surface area contributed by atoms with Crippen LogP contribution >= 0.6 is 12.0 Å². The average molecular weight is 527 g/mol. The lowest BCUT2D eigenvalue weighted by Crippen LogP contribution is -2.01. The van der Waals surface area contributed by atoms with Crippen LogP contribution in [0, 0.1) is 0 Å². The Hall–Kier alpha value is -4.20. The van der Waals surface area contributed by atoms with E-state index in [4.69, 9.17) is 8.92 Å². The van der Waals surface area contributed by atoms with E-state index in [9.17, 15) is 13.5 Å². The van der Waals surface area contributed by atoms with E-state index in [0.29, 0.717) is 17.2 Å². The van der Waals surface area contributed by atoms with Crippen molar-refractivity contribution in [3.8, 4) is 34.1 Å². The summed E-state index contributed by atoms with van der Waals surface area (Å²) in [5, 5.41) is 9.37. The van der Waals surface area contributed by atoms with Gasteiger partial charge < -0.3 is 14.0 Å². The van der Waals surface area contributed by atoms with E-state index < -0.39 is 9.84 Å². The number of aromatic hydroxyl groups is 1. The second-order valence-corrected chi connectivity index (χ2v) is 10.9. The van der Waals surface area contributed by atoms with Crippen LogP contribution in [0.4, 0.5) is 0 Å². The van der Waals surface area contributed by atoms with Crippen LogP contribution in [-0.2, 0) is 9.84 Å². The zero-order chi connectivity index (χ0) is 25.7. The molecule has 5 aromatic rings. The van der Waals surface area contributed by atoms with Crippen molar-refractivity contribution in [3.05, 3.63) is 127 Å². The molecule has 184 valence electrons. The number of rotatable bonds is 8. The Morgan fingerprint density at radius 2 is 1.03 bits per heavy atom. The maximum Gasteiger partial charge on any atom is 0.206 e. The van der Waals surface area contributed by atoms with E-state index in [2.05, 4.69) is 0 Å². The van der Waals surface area contributed by atoms with Crippen LogP contribution in [-0.4, -0.2) is 13.5 Å². The molecule has 0 bridgehead atoms. The van der Waals surface area contributed by atoms with Gasteiger partial charge in [0.2, 0.25) is 9.84 Å². The Morgan fingerprint density at radius 1 is 0.541 bits per heavy atom. The molecule has 5 aromatic carbocycles. The predicted molar refractivity (Wildman–Crippen MR) is 145 cm³/mol. The summed E-state index contributed by atoms with van der Waals surface area (Å²) in [4.78, 5) is 1.46. The van der Waals surface area contributed by atoms with Gasteiger partial charge in [0.15, 0.2) is 0 Å². The van der Waals surface area contributed by atoms with E-state index in [1.54, 1.807) is 66.7 Å². The summed E-state index contributed by atoms with van der Waals surface area (Å²) in [5.74, 6) is 2.21. The maximum absolute atomic E-state index is 12.8. The van der Waals surface area contributed by atoms with Gasteiger partial charge in [0.25, 0.3) is 0 Å². The van der Waals surface area contributed by atoms with Crippen LogP contribution < -0.4 is 8.92 Å². The van der Waals surface area contributed by atoms with Crippen molar-refractivity contribution in [2.45, 2.75) is 14.7 Å². The van der Waals surface area contributed by atoms with Crippen molar-refractivity contribution in [3.63, 3.8) is 0 Å². The highest BCUT2D eigenvalue weighted by Crippen LogP contribution is 2.30. The maximum atomic E-state index is 12.8. The molecule has 1 N–H and O–H groups in total. The quantitative estimate of drug-likeness (QED) is 0.208. The fraction of sp³-hybridized carbons (Fsp3) is 0. The van der Waals surface area contributed by atoms with Crippen LogP contribution in [0.5, 0.6) is 23.0 Å². The molecular weight excluding hydrogens is 504 g/mol. The molecule has 0 aliphatic heterocycles.